The molecule has 0 radical (unpaired) electrons. The third-order valence-corrected chi connectivity index (χ3v) is 13.1. The Kier molecular flexibility index (Phi) is 7.04. The van der Waals surface area contributed by atoms with Gasteiger partial charge in [0.25, 0.3) is 0 Å². The highest BCUT2D eigenvalue weighted by Gasteiger charge is 2.36. The van der Waals surface area contributed by atoms with Crippen LogP contribution in [-0.4, -0.2) is 0 Å². The van der Waals surface area contributed by atoms with Gasteiger partial charge in [0.1, 0.15) is 33.5 Å². The smallest absolute Gasteiger partial charge is 0.145 e. The van der Waals surface area contributed by atoms with E-state index in [1.807, 2.05) is 36.4 Å². The standard InChI is InChI=1S/C57H37NO3/c1-57(2)45-20-9-6-15-38(45)39-28-27-37(33-46(39)57)58(36-25-23-35(24-26-36)34-13-4-3-5-14-34)47-30-29-44-54-51(32-31-50-53(54)42-17-8-11-22-49(42)59-50)61-56(44)52(47)43-19-12-18-41-40-16-7-10-21-48(40)60-55(41)43/h3-33H,1-2H3. The van der Waals surface area contributed by atoms with Crippen LogP contribution in [-0.2, 0) is 5.41 Å². The minimum Gasteiger partial charge on any atom is -0.456 e. The molecule has 61 heavy (non-hydrogen) atoms. The SMILES string of the molecule is CC1(C)c2ccccc2-c2ccc(N(c3ccc(-c4ccccc4)cc3)c3ccc4c(oc5ccc6oc7ccccc7c6c54)c3-c3cccc4c3oc3ccccc34)cc21. The summed E-state index contributed by atoms with van der Waals surface area (Å²) in [6.45, 7) is 4.68. The first-order valence-electron chi connectivity index (χ1n) is 20.9. The number of furan rings is 3. The molecule has 0 aliphatic heterocycles. The lowest BCUT2D eigenvalue weighted by molar-refractivity contribution is 0.660. The Morgan fingerprint density at radius 1 is 0.377 bits per heavy atom. The molecule has 4 heteroatoms. The summed E-state index contributed by atoms with van der Waals surface area (Å²) in [6, 6.07) is 66.9. The van der Waals surface area contributed by atoms with E-state index in [0.717, 1.165) is 99.6 Å². The van der Waals surface area contributed by atoms with Gasteiger partial charge in [-0.2, -0.15) is 0 Å². The van der Waals surface area contributed by atoms with Gasteiger partial charge in [0.05, 0.1) is 11.3 Å². The molecule has 12 aromatic rings. The number of para-hydroxylation sites is 3. The number of anilines is 3. The Morgan fingerprint density at radius 2 is 0.984 bits per heavy atom. The Morgan fingerprint density at radius 3 is 1.82 bits per heavy atom. The first-order valence-corrected chi connectivity index (χ1v) is 20.9. The van der Waals surface area contributed by atoms with Crippen LogP contribution in [0, 0.1) is 0 Å². The van der Waals surface area contributed by atoms with Crippen molar-refractivity contribution in [3.63, 3.8) is 0 Å². The van der Waals surface area contributed by atoms with E-state index < -0.39 is 0 Å². The van der Waals surface area contributed by atoms with Crippen molar-refractivity contribution in [1.29, 1.82) is 0 Å². The molecule has 3 aromatic heterocycles. The molecule has 0 saturated carbocycles. The van der Waals surface area contributed by atoms with Crippen molar-refractivity contribution < 1.29 is 13.3 Å². The zero-order valence-corrected chi connectivity index (χ0v) is 33.6. The summed E-state index contributed by atoms with van der Waals surface area (Å²) < 4.78 is 20.4. The van der Waals surface area contributed by atoms with E-state index in [9.17, 15) is 0 Å². The van der Waals surface area contributed by atoms with Crippen LogP contribution in [0.1, 0.15) is 25.0 Å². The van der Waals surface area contributed by atoms with Gasteiger partial charge < -0.3 is 18.2 Å². The molecule has 4 nitrogen and oxygen atoms in total. The normalized spacial score (nSPS) is 13.2. The monoisotopic (exact) mass is 783 g/mol. The molecule has 13 rings (SSSR count). The lowest BCUT2D eigenvalue weighted by Crippen LogP contribution is -2.17. The second-order valence-corrected chi connectivity index (χ2v) is 16.8. The number of benzene rings is 9. The van der Waals surface area contributed by atoms with E-state index in [1.54, 1.807) is 0 Å². The van der Waals surface area contributed by atoms with Gasteiger partial charge >= 0.3 is 0 Å². The van der Waals surface area contributed by atoms with Crippen LogP contribution in [0.25, 0.3) is 99.2 Å². The minimum absolute atomic E-state index is 0.186. The van der Waals surface area contributed by atoms with E-state index >= 15 is 0 Å². The molecule has 0 saturated heterocycles. The zero-order chi connectivity index (χ0) is 40.4. The van der Waals surface area contributed by atoms with E-state index in [1.165, 1.54) is 27.8 Å². The topological polar surface area (TPSA) is 42.7 Å². The van der Waals surface area contributed by atoms with Crippen LogP contribution in [0.5, 0.6) is 0 Å². The van der Waals surface area contributed by atoms with Crippen molar-refractivity contribution in [2.24, 2.45) is 0 Å². The van der Waals surface area contributed by atoms with Gasteiger partial charge in [-0.25, -0.2) is 0 Å². The lowest BCUT2D eigenvalue weighted by Gasteiger charge is -2.30. The Labute approximate surface area is 351 Å². The molecule has 0 spiro atoms. The van der Waals surface area contributed by atoms with Gasteiger partial charge in [-0.3, -0.25) is 0 Å². The molecule has 1 aliphatic rings. The number of rotatable bonds is 5. The highest BCUT2D eigenvalue weighted by molar-refractivity contribution is 6.28. The van der Waals surface area contributed by atoms with Gasteiger partial charge in [-0.1, -0.05) is 141 Å². The highest BCUT2D eigenvalue weighted by Crippen LogP contribution is 2.54. The van der Waals surface area contributed by atoms with E-state index in [2.05, 4.69) is 170 Å². The molecule has 0 N–H and O–H groups in total. The third-order valence-electron chi connectivity index (χ3n) is 13.1. The summed E-state index contributed by atoms with van der Waals surface area (Å²) >= 11 is 0. The summed E-state index contributed by atoms with van der Waals surface area (Å²) in [4.78, 5) is 2.40. The quantitative estimate of drug-likeness (QED) is 0.174. The molecule has 0 amide bonds. The van der Waals surface area contributed by atoms with Gasteiger partial charge in [0.15, 0.2) is 0 Å². The van der Waals surface area contributed by atoms with Crippen molar-refractivity contribution in [2.75, 3.05) is 4.90 Å². The average Bonchev–Trinajstić information content (AvgIpc) is 4.05. The molecule has 9 aromatic carbocycles. The average molecular weight is 784 g/mol. The first-order chi connectivity index (χ1) is 30.0. The summed E-state index contributed by atoms with van der Waals surface area (Å²) in [5.74, 6) is 0. The maximum atomic E-state index is 7.17. The molecule has 0 bridgehead atoms. The minimum atomic E-state index is -0.186. The van der Waals surface area contributed by atoms with E-state index in [0.29, 0.717) is 0 Å². The summed E-state index contributed by atoms with van der Waals surface area (Å²) in [6.07, 6.45) is 0. The summed E-state index contributed by atoms with van der Waals surface area (Å²) in [7, 11) is 0. The molecular formula is C57H37NO3. The van der Waals surface area contributed by atoms with Crippen molar-refractivity contribution in [3.8, 4) is 33.4 Å². The fourth-order valence-electron chi connectivity index (χ4n) is 10.2. The Bertz CT molecular complexity index is 3730. The molecule has 3 heterocycles. The van der Waals surface area contributed by atoms with Crippen molar-refractivity contribution in [2.45, 2.75) is 19.3 Å². The maximum absolute atomic E-state index is 7.17. The zero-order valence-electron chi connectivity index (χ0n) is 33.6. The van der Waals surface area contributed by atoms with E-state index in [-0.39, 0.29) is 5.41 Å². The van der Waals surface area contributed by atoms with Crippen LogP contribution in [0.2, 0.25) is 0 Å². The van der Waals surface area contributed by atoms with Crippen LogP contribution in [0.4, 0.5) is 17.1 Å². The highest BCUT2D eigenvalue weighted by atomic mass is 16.3. The number of hydrogen-bond acceptors (Lipinski definition) is 4. The molecule has 0 fully saturated rings. The predicted molar refractivity (Wildman–Crippen MR) is 251 cm³/mol. The van der Waals surface area contributed by atoms with Crippen LogP contribution in [0.3, 0.4) is 0 Å². The second-order valence-electron chi connectivity index (χ2n) is 16.8. The van der Waals surface area contributed by atoms with Crippen molar-refractivity contribution in [3.05, 3.63) is 199 Å². The Hall–Kier alpha value is -7.82. The third kappa shape index (κ3) is 4.87. The van der Waals surface area contributed by atoms with Gasteiger partial charge in [0, 0.05) is 54.7 Å². The summed E-state index contributed by atoms with van der Waals surface area (Å²) in [5, 5.41) is 6.32. The molecule has 1 aliphatic carbocycles. The molecular weight excluding hydrogens is 747 g/mol. The molecule has 288 valence electrons. The predicted octanol–water partition coefficient (Wildman–Crippen LogP) is 16.5. The van der Waals surface area contributed by atoms with Gasteiger partial charge in [0.2, 0.25) is 0 Å². The van der Waals surface area contributed by atoms with Crippen LogP contribution < -0.4 is 4.90 Å². The molecule has 0 unspecified atom stereocenters. The second kappa shape index (κ2) is 12.6. The maximum Gasteiger partial charge on any atom is 0.145 e. The van der Waals surface area contributed by atoms with Gasteiger partial charge in [-0.05, 0) is 94.0 Å². The number of nitrogens with zero attached hydrogens (tertiary/aromatic N) is 1. The van der Waals surface area contributed by atoms with Crippen molar-refractivity contribution in [1.82, 2.24) is 0 Å². The largest absolute Gasteiger partial charge is 0.456 e. The Balaban J connectivity index is 1.14. The van der Waals surface area contributed by atoms with Crippen molar-refractivity contribution >= 4 is 82.9 Å². The van der Waals surface area contributed by atoms with E-state index in [4.69, 9.17) is 13.3 Å². The first kappa shape index (κ1) is 34.1. The fourth-order valence-corrected chi connectivity index (χ4v) is 10.2. The fraction of sp³-hybridized carbons (Fsp3) is 0.0526. The lowest BCUT2D eigenvalue weighted by atomic mass is 9.82. The van der Waals surface area contributed by atoms with Crippen LogP contribution in [0.15, 0.2) is 201 Å². The molecule has 0 atom stereocenters. The van der Waals surface area contributed by atoms with Gasteiger partial charge in [-0.15, -0.1) is 0 Å². The number of hydrogen-bond donors (Lipinski definition) is 0. The number of fused-ring (bicyclic) bond motifs is 13. The van der Waals surface area contributed by atoms with Crippen LogP contribution >= 0.6 is 0 Å². The summed E-state index contributed by atoms with van der Waals surface area (Å²) in [5.41, 5.74) is 17.3.